The van der Waals surface area contributed by atoms with Crippen molar-refractivity contribution < 1.29 is 23.5 Å². The Balaban J connectivity index is 1.20. The monoisotopic (exact) mass is 515 g/mol. The largest absolute Gasteiger partial charge is 0.482 e. The number of carbonyl (C=O) groups excluding carboxylic acids is 3. The van der Waals surface area contributed by atoms with Crippen LogP contribution in [0.3, 0.4) is 0 Å². The van der Waals surface area contributed by atoms with Crippen LogP contribution in [0.4, 0.5) is 10.1 Å². The summed E-state index contributed by atoms with van der Waals surface area (Å²) in [5.74, 6) is -1.74. The van der Waals surface area contributed by atoms with Gasteiger partial charge in [0.1, 0.15) is 23.5 Å². The van der Waals surface area contributed by atoms with Crippen molar-refractivity contribution in [2.75, 3.05) is 11.9 Å². The first-order valence-electron chi connectivity index (χ1n) is 11.4. The summed E-state index contributed by atoms with van der Waals surface area (Å²) >= 11 is 0. The molecule has 0 saturated heterocycles. The Hall–Kier alpha value is -5.40. The third kappa shape index (κ3) is 4.34. The maximum absolute atomic E-state index is 14.4. The van der Waals surface area contributed by atoms with Gasteiger partial charge in [0.25, 0.3) is 17.7 Å². The first-order valence-corrected chi connectivity index (χ1v) is 11.4. The van der Waals surface area contributed by atoms with Gasteiger partial charge in [-0.1, -0.05) is 12.1 Å². The highest BCUT2D eigenvalue weighted by Crippen LogP contribution is 2.28. The third-order valence-corrected chi connectivity index (χ3v) is 5.81. The minimum Gasteiger partial charge on any atom is -0.482 e. The molecule has 0 spiro atoms. The standard InChI is InChI=1S/C24H18FN9O4/c25-15-9-29-34-18(24(37)27-8-14-2-4-20-28-12-30-33(20)10-14)6-17(32-22(15)34)23(36)26-7-13-1-3-19-16(5-13)31-21(35)11-38-19/h1-6,9-10,12H,7-8,11H2,(H,26,36)(H,27,37)(H,31,35). The summed E-state index contributed by atoms with van der Waals surface area (Å²) in [6.45, 7) is 0.167. The average molecular weight is 515 g/mol. The van der Waals surface area contributed by atoms with Gasteiger partial charge in [-0.3, -0.25) is 14.4 Å². The molecule has 1 aromatic carbocycles. The second kappa shape index (κ2) is 9.24. The summed E-state index contributed by atoms with van der Waals surface area (Å²) in [6, 6.07) is 9.89. The number of amides is 3. The molecule has 0 bridgehead atoms. The van der Waals surface area contributed by atoms with E-state index in [2.05, 4.69) is 36.1 Å². The van der Waals surface area contributed by atoms with Crippen LogP contribution in [0.5, 0.6) is 5.75 Å². The molecule has 0 fully saturated rings. The lowest BCUT2D eigenvalue weighted by molar-refractivity contribution is -0.118. The predicted octanol–water partition coefficient (Wildman–Crippen LogP) is 1.10. The SMILES string of the molecule is O=C1COc2ccc(CNC(=O)c3cc(C(=O)NCc4ccc5ncnn5c4)n4ncc(F)c4n3)cc2N1. The number of fused-ring (bicyclic) bond motifs is 3. The smallest absolute Gasteiger partial charge is 0.270 e. The van der Waals surface area contributed by atoms with Crippen molar-refractivity contribution >= 4 is 34.7 Å². The van der Waals surface area contributed by atoms with E-state index in [9.17, 15) is 18.8 Å². The highest BCUT2D eigenvalue weighted by molar-refractivity contribution is 5.98. The number of hydrogen-bond donors (Lipinski definition) is 3. The maximum atomic E-state index is 14.4. The molecule has 5 heterocycles. The van der Waals surface area contributed by atoms with Gasteiger partial charge in [0, 0.05) is 25.4 Å². The van der Waals surface area contributed by atoms with Crippen LogP contribution >= 0.6 is 0 Å². The average Bonchev–Trinajstić information content (AvgIpc) is 3.55. The van der Waals surface area contributed by atoms with Gasteiger partial charge in [-0.15, -0.1) is 0 Å². The van der Waals surface area contributed by atoms with Crippen molar-refractivity contribution in [1.82, 2.24) is 39.8 Å². The molecule has 13 nitrogen and oxygen atoms in total. The van der Waals surface area contributed by atoms with Crippen molar-refractivity contribution in [2.24, 2.45) is 0 Å². The normalized spacial score (nSPS) is 12.6. The van der Waals surface area contributed by atoms with Crippen LogP contribution in [-0.2, 0) is 17.9 Å². The van der Waals surface area contributed by atoms with Crippen molar-refractivity contribution in [3.05, 3.63) is 83.5 Å². The quantitative estimate of drug-likeness (QED) is 0.304. The third-order valence-electron chi connectivity index (χ3n) is 5.81. The Kier molecular flexibility index (Phi) is 5.60. The van der Waals surface area contributed by atoms with E-state index < -0.39 is 17.6 Å². The molecule has 0 unspecified atom stereocenters. The number of nitrogens with one attached hydrogen (secondary N) is 3. The first kappa shape index (κ1) is 23.0. The van der Waals surface area contributed by atoms with Crippen molar-refractivity contribution in [3.8, 4) is 5.75 Å². The van der Waals surface area contributed by atoms with E-state index in [4.69, 9.17) is 4.74 Å². The van der Waals surface area contributed by atoms with Crippen LogP contribution in [0.25, 0.3) is 11.3 Å². The maximum Gasteiger partial charge on any atom is 0.270 e. The van der Waals surface area contributed by atoms with Crippen molar-refractivity contribution in [1.29, 1.82) is 0 Å². The predicted molar refractivity (Wildman–Crippen MR) is 129 cm³/mol. The molecule has 6 rings (SSSR count). The minimum absolute atomic E-state index is 0.0602. The Morgan fingerprint density at radius 1 is 1.05 bits per heavy atom. The zero-order valence-corrected chi connectivity index (χ0v) is 19.5. The molecule has 0 radical (unpaired) electrons. The topological polar surface area (TPSA) is 157 Å². The van der Waals surface area contributed by atoms with Gasteiger partial charge in [-0.2, -0.15) is 10.2 Å². The van der Waals surface area contributed by atoms with Gasteiger partial charge in [0.15, 0.2) is 23.7 Å². The van der Waals surface area contributed by atoms with Crippen LogP contribution in [0.2, 0.25) is 0 Å². The zero-order valence-electron chi connectivity index (χ0n) is 19.5. The summed E-state index contributed by atoms with van der Waals surface area (Å²) in [5.41, 5.74) is 2.09. The minimum atomic E-state index is -0.782. The van der Waals surface area contributed by atoms with Crippen LogP contribution in [0, 0.1) is 5.82 Å². The molecule has 3 amide bonds. The molecule has 4 aromatic heterocycles. The lowest BCUT2D eigenvalue weighted by Gasteiger charge is -2.18. The van der Waals surface area contributed by atoms with Crippen LogP contribution in [-0.4, -0.2) is 53.5 Å². The molecule has 0 aliphatic carbocycles. The van der Waals surface area contributed by atoms with E-state index in [1.165, 1.54) is 12.4 Å². The van der Waals surface area contributed by atoms with E-state index in [-0.39, 0.29) is 42.6 Å². The Morgan fingerprint density at radius 2 is 1.87 bits per heavy atom. The highest BCUT2D eigenvalue weighted by atomic mass is 19.1. The number of pyridine rings is 1. The molecule has 5 aromatic rings. The molecule has 190 valence electrons. The second-order valence-electron chi connectivity index (χ2n) is 8.39. The summed E-state index contributed by atoms with van der Waals surface area (Å²) in [4.78, 5) is 45.6. The Morgan fingerprint density at radius 3 is 2.76 bits per heavy atom. The van der Waals surface area contributed by atoms with E-state index in [1.54, 1.807) is 41.0 Å². The number of nitrogens with zero attached hydrogens (tertiary/aromatic N) is 6. The van der Waals surface area contributed by atoms with E-state index in [1.807, 2.05) is 0 Å². The number of halogens is 1. The fourth-order valence-corrected chi connectivity index (χ4v) is 3.96. The molecule has 1 aliphatic heterocycles. The molecule has 0 atom stereocenters. The number of benzene rings is 1. The molecule has 38 heavy (non-hydrogen) atoms. The van der Waals surface area contributed by atoms with Gasteiger partial charge in [0.05, 0.1) is 11.9 Å². The summed E-state index contributed by atoms with van der Waals surface area (Å²) in [7, 11) is 0. The van der Waals surface area contributed by atoms with E-state index in [0.29, 0.717) is 22.6 Å². The number of anilines is 1. The van der Waals surface area contributed by atoms with Crippen LogP contribution < -0.4 is 20.7 Å². The summed E-state index contributed by atoms with van der Waals surface area (Å²) in [5, 5.41) is 16.1. The zero-order chi connectivity index (χ0) is 26.2. The number of aromatic nitrogens is 6. The molecule has 14 heteroatoms. The van der Waals surface area contributed by atoms with Gasteiger partial charge < -0.3 is 20.7 Å². The number of rotatable bonds is 6. The Bertz CT molecular complexity index is 1750. The lowest BCUT2D eigenvalue weighted by atomic mass is 10.1. The molecular weight excluding hydrogens is 497 g/mol. The number of ether oxygens (including phenoxy) is 1. The number of carbonyl (C=O) groups is 3. The first-order chi connectivity index (χ1) is 18.4. The lowest BCUT2D eigenvalue weighted by Crippen LogP contribution is -2.29. The summed E-state index contributed by atoms with van der Waals surface area (Å²) < 4.78 is 22.3. The fourth-order valence-electron chi connectivity index (χ4n) is 3.96. The van der Waals surface area contributed by atoms with E-state index in [0.717, 1.165) is 16.3 Å². The molecule has 3 N–H and O–H groups in total. The summed E-state index contributed by atoms with van der Waals surface area (Å²) in [6.07, 6.45) is 4.06. The molecule has 1 aliphatic rings. The van der Waals surface area contributed by atoms with Gasteiger partial charge in [-0.05, 0) is 29.3 Å². The van der Waals surface area contributed by atoms with Crippen molar-refractivity contribution in [3.63, 3.8) is 0 Å². The van der Waals surface area contributed by atoms with Gasteiger partial charge in [-0.25, -0.2) is 23.4 Å². The van der Waals surface area contributed by atoms with E-state index >= 15 is 0 Å². The van der Waals surface area contributed by atoms with Gasteiger partial charge in [0.2, 0.25) is 0 Å². The van der Waals surface area contributed by atoms with Crippen LogP contribution in [0.1, 0.15) is 32.1 Å². The number of hydrogen-bond acceptors (Lipinski definition) is 8. The second-order valence-corrected chi connectivity index (χ2v) is 8.39. The van der Waals surface area contributed by atoms with Crippen LogP contribution in [0.15, 0.2) is 55.1 Å². The fraction of sp³-hybridized carbons (Fsp3) is 0.125. The van der Waals surface area contributed by atoms with Crippen molar-refractivity contribution in [2.45, 2.75) is 13.1 Å². The molecule has 0 saturated carbocycles. The molecular formula is C24H18FN9O4. The van der Waals surface area contributed by atoms with Gasteiger partial charge >= 0.3 is 0 Å². The highest BCUT2D eigenvalue weighted by Gasteiger charge is 2.21. The Labute approximate surface area is 212 Å².